The molecule has 0 saturated heterocycles. The quantitative estimate of drug-likeness (QED) is 0.182. The predicted molar refractivity (Wildman–Crippen MR) is 85.3 cm³/mol. The molecule has 0 spiro atoms. The third kappa shape index (κ3) is 3.39. The van der Waals surface area contributed by atoms with E-state index in [4.69, 9.17) is 0 Å². The zero-order valence-corrected chi connectivity index (χ0v) is 15.3. The Hall–Kier alpha value is -2.18. The van der Waals surface area contributed by atoms with Crippen molar-refractivity contribution >= 4 is 34.7 Å². The molecule has 11 nitrogen and oxygen atoms in total. The number of carbonyl (C=O) groups excluding carboxylic acids is 6. The van der Waals surface area contributed by atoms with Crippen LogP contribution in [-0.4, -0.2) is 89.2 Å². The van der Waals surface area contributed by atoms with E-state index in [1.807, 2.05) is 0 Å². The van der Waals surface area contributed by atoms with E-state index in [2.05, 4.69) is 0 Å². The second kappa shape index (κ2) is 7.82. The fourth-order valence-corrected chi connectivity index (χ4v) is 2.76. The van der Waals surface area contributed by atoms with Crippen molar-refractivity contribution in [3.05, 3.63) is 0 Å². The number of rotatable bonds is 10. The summed E-state index contributed by atoms with van der Waals surface area (Å²) in [4.78, 5) is 71.2. The highest BCUT2D eigenvalue weighted by Gasteiger charge is 2.75. The van der Waals surface area contributed by atoms with E-state index in [0.29, 0.717) is 27.7 Å². The standard InChI is InChI=1S/C16H22O11/c1-6(17)11(22)13(24)15(26,9(4)20)16(27,10(5)21)14(25,8(3)19)12(23)7(2)18/h11,13,22,24-27H,1-5H3/t11?,13-,14-,15-,16-/m1/s1. The molecule has 5 atom stereocenters. The van der Waals surface area contributed by atoms with Crippen LogP contribution in [0.25, 0.3) is 0 Å². The smallest absolute Gasteiger partial charge is 0.240 e. The summed E-state index contributed by atoms with van der Waals surface area (Å²) in [5.41, 5.74) is -12.0. The van der Waals surface area contributed by atoms with E-state index in [1.165, 1.54) is 0 Å². The molecular weight excluding hydrogens is 368 g/mol. The monoisotopic (exact) mass is 390 g/mol. The summed E-state index contributed by atoms with van der Waals surface area (Å²) in [7, 11) is 0. The Balaban J connectivity index is 7.28. The molecule has 0 fully saturated rings. The van der Waals surface area contributed by atoms with E-state index >= 15 is 0 Å². The lowest BCUT2D eigenvalue weighted by Crippen LogP contribution is -2.82. The van der Waals surface area contributed by atoms with Crippen LogP contribution in [0, 0.1) is 0 Å². The zero-order chi connectivity index (χ0) is 22.1. The Morgan fingerprint density at radius 1 is 0.704 bits per heavy atom. The third-order valence-electron chi connectivity index (χ3n) is 4.42. The highest BCUT2D eigenvalue weighted by molar-refractivity contribution is 6.45. The lowest BCUT2D eigenvalue weighted by molar-refractivity contribution is -0.250. The molecule has 5 N–H and O–H groups in total. The van der Waals surface area contributed by atoms with Gasteiger partial charge in [0.1, 0.15) is 12.2 Å². The molecule has 0 bridgehead atoms. The van der Waals surface area contributed by atoms with Crippen LogP contribution in [0.5, 0.6) is 0 Å². The predicted octanol–water partition coefficient (Wildman–Crippen LogP) is -3.58. The molecule has 0 heterocycles. The average molecular weight is 390 g/mol. The van der Waals surface area contributed by atoms with Gasteiger partial charge in [-0.15, -0.1) is 0 Å². The van der Waals surface area contributed by atoms with Gasteiger partial charge in [-0.25, -0.2) is 0 Å². The minimum Gasteiger partial charge on any atom is -0.386 e. The summed E-state index contributed by atoms with van der Waals surface area (Å²) in [5.74, 6) is -10.00. The number of Topliss-reactive ketones (excluding diaryl/α,β-unsaturated/α-hetero) is 6. The highest BCUT2D eigenvalue weighted by atomic mass is 16.4. The first-order valence-corrected chi connectivity index (χ1v) is 7.57. The fourth-order valence-electron chi connectivity index (χ4n) is 2.76. The maximum absolute atomic E-state index is 12.2. The highest BCUT2D eigenvalue weighted by Crippen LogP contribution is 2.40. The van der Waals surface area contributed by atoms with E-state index < -0.39 is 63.7 Å². The van der Waals surface area contributed by atoms with Crippen LogP contribution in [-0.2, 0) is 28.8 Å². The minimum atomic E-state index is -4.11. The van der Waals surface area contributed by atoms with Crippen LogP contribution >= 0.6 is 0 Å². The second-order valence-corrected chi connectivity index (χ2v) is 6.24. The summed E-state index contributed by atoms with van der Waals surface area (Å²) in [6.07, 6.45) is -5.51. The molecule has 0 aromatic rings. The van der Waals surface area contributed by atoms with Gasteiger partial charge >= 0.3 is 0 Å². The molecule has 0 aliphatic heterocycles. The largest absolute Gasteiger partial charge is 0.386 e. The summed E-state index contributed by atoms with van der Waals surface area (Å²) in [5, 5.41) is 52.0. The van der Waals surface area contributed by atoms with Crippen LogP contribution in [0.4, 0.5) is 0 Å². The van der Waals surface area contributed by atoms with Crippen LogP contribution in [0.2, 0.25) is 0 Å². The van der Waals surface area contributed by atoms with Gasteiger partial charge in [0.05, 0.1) is 0 Å². The fraction of sp³-hybridized carbons (Fsp3) is 0.625. The first-order chi connectivity index (χ1) is 11.9. The first kappa shape index (κ1) is 24.8. The van der Waals surface area contributed by atoms with Crippen LogP contribution in [0.1, 0.15) is 34.6 Å². The Labute approximate surface area is 153 Å². The van der Waals surface area contributed by atoms with Gasteiger partial charge in [0.2, 0.25) is 17.0 Å². The van der Waals surface area contributed by atoms with Gasteiger partial charge in [-0.05, 0) is 27.7 Å². The van der Waals surface area contributed by atoms with Crippen molar-refractivity contribution in [1.29, 1.82) is 0 Å². The van der Waals surface area contributed by atoms with E-state index in [0.717, 1.165) is 6.92 Å². The van der Waals surface area contributed by atoms with Gasteiger partial charge in [0.15, 0.2) is 34.5 Å². The van der Waals surface area contributed by atoms with Crippen LogP contribution < -0.4 is 0 Å². The molecule has 0 aromatic heterocycles. The van der Waals surface area contributed by atoms with Crippen molar-refractivity contribution in [1.82, 2.24) is 0 Å². The Morgan fingerprint density at radius 3 is 1.33 bits per heavy atom. The number of hydrogen-bond donors (Lipinski definition) is 5. The SMILES string of the molecule is CC(=O)C(=O)[C@](O)(C(C)=O)[C@](O)(C(C)=O)[C@@](O)(C(C)=O)[C@H](O)C(O)C(C)=O. The maximum Gasteiger partial charge on any atom is 0.240 e. The molecule has 0 aromatic carbocycles. The first-order valence-electron chi connectivity index (χ1n) is 7.57. The molecule has 27 heavy (non-hydrogen) atoms. The third-order valence-corrected chi connectivity index (χ3v) is 4.42. The number of aliphatic hydroxyl groups is 5. The van der Waals surface area contributed by atoms with Gasteiger partial charge < -0.3 is 25.5 Å². The molecule has 0 radical (unpaired) electrons. The maximum atomic E-state index is 12.2. The normalized spacial score (nSPS) is 20.2. The van der Waals surface area contributed by atoms with Crippen molar-refractivity contribution in [2.75, 3.05) is 0 Å². The Bertz CT molecular complexity index is 711. The van der Waals surface area contributed by atoms with Gasteiger partial charge in [-0.2, -0.15) is 0 Å². The average Bonchev–Trinajstić information content (AvgIpc) is 2.56. The van der Waals surface area contributed by atoms with Gasteiger partial charge in [0.25, 0.3) is 0 Å². The van der Waals surface area contributed by atoms with Crippen molar-refractivity contribution in [2.45, 2.75) is 63.6 Å². The molecule has 11 heteroatoms. The van der Waals surface area contributed by atoms with Crippen molar-refractivity contribution in [3.63, 3.8) is 0 Å². The lowest BCUT2D eigenvalue weighted by Gasteiger charge is -2.49. The summed E-state index contributed by atoms with van der Waals surface area (Å²) in [6.45, 7) is 2.71. The molecule has 0 rings (SSSR count). The topological polar surface area (TPSA) is 204 Å². The lowest BCUT2D eigenvalue weighted by atomic mass is 9.60. The molecule has 1 unspecified atom stereocenters. The second-order valence-electron chi connectivity index (χ2n) is 6.24. The number of aliphatic hydroxyl groups excluding tert-OH is 2. The van der Waals surface area contributed by atoms with Gasteiger partial charge in [0, 0.05) is 6.92 Å². The van der Waals surface area contributed by atoms with Gasteiger partial charge in [-0.3, -0.25) is 28.8 Å². The van der Waals surface area contributed by atoms with Crippen LogP contribution in [0.15, 0.2) is 0 Å². The molecule has 152 valence electrons. The van der Waals surface area contributed by atoms with E-state index in [-0.39, 0.29) is 0 Å². The van der Waals surface area contributed by atoms with Gasteiger partial charge in [-0.1, -0.05) is 0 Å². The van der Waals surface area contributed by atoms with E-state index in [1.54, 1.807) is 0 Å². The zero-order valence-electron chi connectivity index (χ0n) is 15.3. The van der Waals surface area contributed by atoms with Crippen molar-refractivity contribution < 1.29 is 54.3 Å². The molecule has 0 aliphatic rings. The van der Waals surface area contributed by atoms with Crippen molar-refractivity contribution in [2.24, 2.45) is 0 Å². The van der Waals surface area contributed by atoms with E-state index in [9.17, 15) is 54.3 Å². The Kier molecular flexibility index (Phi) is 7.19. The molecule has 0 saturated carbocycles. The number of hydrogen-bond acceptors (Lipinski definition) is 11. The minimum absolute atomic E-state index is 0.447. The number of ketones is 6. The Morgan fingerprint density at radius 2 is 1.11 bits per heavy atom. The number of carbonyl (C=O) groups is 6. The summed E-state index contributed by atoms with van der Waals surface area (Å²) >= 11 is 0. The van der Waals surface area contributed by atoms with Crippen molar-refractivity contribution in [3.8, 4) is 0 Å². The summed E-state index contributed by atoms with van der Waals surface area (Å²) < 4.78 is 0. The summed E-state index contributed by atoms with van der Waals surface area (Å²) in [6, 6.07) is 0. The molecule has 0 aliphatic carbocycles. The van der Waals surface area contributed by atoms with Crippen LogP contribution in [0.3, 0.4) is 0 Å². The molecule has 0 amide bonds. The molecular formula is C16H22O11.